The van der Waals surface area contributed by atoms with Crippen molar-refractivity contribution in [1.82, 2.24) is 4.98 Å². The number of benzene rings is 1. The lowest BCUT2D eigenvalue weighted by atomic mass is 10.2. The maximum absolute atomic E-state index is 6.14. The second kappa shape index (κ2) is 6.81. The van der Waals surface area contributed by atoms with E-state index in [1.165, 1.54) is 4.88 Å². The number of anilines is 1. The summed E-state index contributed by atoms with van der Waals surface area (Å²) >= 11 is 7.84. The van der Waals surface area contributed by atoms with Gasteiger partial charge in [-0.05, 0) is 12.5 Å². The minimum atomic E-state index is 0.550. The molecule has 2 rings (SSSR count). The Hall–Kier alpha value is -1.46. The molecule has 20 heavy (non-hydrogen) atoms. The van der Waals surface area contributed by atoms with Gasteiger partial charge >= 0.3 is 0 Å². The molecule has 0 unspecified atom stereocenters. The van der Waals surface area contributed by atoms with Crippen LogP contribution in [-0.4, -0.2) is 19.2 Å². The Morgan fingerprint density at radius 2 is 2.00 bits per heavy atom. The molecule has 0 aliphatic rings. The number of ether oxygens (including phenoxy) is 2. The molecule has 1 N–H and O–H groups in total. The standard InChI is InChI=1S/C14H17ClN2O2S/c1-4-14-17-8-9(20-14)7-16-11-5-10(15)12(18-2)6-13(11)19-3/h5-6,8,16H,4,7H2,1-3H3. The summed E-state index contributed by atoms with van der Waals surface area (Å²) in [5, 5.41) is 5.01. The van der Waals surface area contributed by atoms with Crippen molar-refractivity contribution in [3.8, 4) is 11.5 Å². The summed E-state index contributed by atoms with van der Waals surface area (Å²) in [6.07, 6.45) is 2.86. The van der Waals surface area contributed by atoms with E-state index in [0.29, 0.717) is 23.1 Å². The molecule has 1 aromatic carbocycles. The van der Waals surface area contributed by atoms with Crippen LogP contribution in [-0.2, 0) is 13.0 Å². The van der Waals surface area contributed by atoms with Crippen LogP contribution in [0, 0.1) is 0 Å². The van der Waals surface area contributed by atoms with E-state index in [0.717, 1.165) is 17.1 Å². The Bertz CT molecular complexity index is 587. The number of aryl methyl sites for hydroxylation is 1. The molecule has 6 heteroatoms. The number of halogens is 1. The van der Waals surface area contributed by atoms with Gasteiger partial charge in [0.05, 0.1) is 36.5 Å². The molecule has 0 atom stereocenters. The van der Waals surface area contributed by atoms with Crippen LogP contribution in [0.4, 0.5) is 5.69 Å². The van der Waals surface area contributed by atoms with Gasteiger partial charge in [0.1, 0.15) is 11.5 Å². The minimum absolute atomic E-state index is 0.550. The lowest BCUT2D eigenvalue weighted by Crippen LogP contribution is -2.00. The van der Waals surface area contributed by atoms with Crippen molar-refractivity contribution in [2.45, 2.75) is 19.9 Å². The highest BCUT2D eigenvalue weighted by Gasteiger charge is 2.10. The third-order valence-corrected chi connectivity index (χ3v) is 4.27. The van der Waals surface area contributed by atoms with Crippen LogP contribution in [0.3, 0.4) is 0 Å². The monoisotopic (exact) mass is 312 g/mol. The van der Waals surface area contributed by atoms with Crippen LogP contribution in [0.2, 0.25) is 5.02 Å². The zero-order valence-corrected chi connectivity index (χ0v) is 13.3. The molecule has 0 saturated heterocycles. The van der Waals surface area contributed by atoms with Crippen LogP contribution in [0.5, 0.6) is 11.5 Å². The quantitative estimate of drug-likeness (QED) is 0.876. The molecule has 0 fully saturated rings. The lowest BCUT2D eigenvalue weighted by Gasteiger charge is -2.13. The van der Waals surface area contributed by atoms with Crippen molar-refractivity contribution in [2.75, 3.05) is 19.5 Å². The fourth-order valence-electron chi connectivity index (χ4n) is 1.77. The molecule has 0 saturated carbocycles. The predicted octanol–water partition coefficient (Wildman–Crippen LogP) is 3.99. The second-order valence-corrected chi connectivity index (χ2v) is 5.72. The molecule has 1 heterocycles. The summed E-state index contributed by atoms with van der Waals surface area (Å²) in [5.74, 6) is 1.30. The summed E-state index contributed by atoms with van der Waals surface area (Å²) in [4.78, 5) is 5.51. The Balaban J connectivity index is 2.14. The highest BCUT2D eigenvalue weighted by Crippen LogP contribution is 2.36. The first-order valence-electron chi connectivity index (χ1n) is 6.26. The van der Waals surface area contributed by atoms with E-state index in [1.807, 2.05) is 6.20 Å². The van der Waals surface area contributed by atoms with Gasteiger partial charge in [-0.15, -0.1) is 11.3 Å². The number of nitrogens with one attached hydrogen (secondary N) is 1. The molecule has 108 valence electrons. The molecule has 0 radical (unpaired) electrons. The maximum Gasteiger partial charge on any atom is 0.145 e. The van der Waals surface area contributed by atoms with Crippen molar-refractivity contribution in [3.05, 3.63) is 33.2 Å². The van der Waals surface area contributed by atoms with Crippen LogP contribution in [0.25, 0.3) is 0 Å². The maximum atomic E-state index is 6.14. The molecular weight excluding hydrogens is 296 g/mol. The van der Waals surface area contributed by atoms with E-state index in [1.54, 1.807) is 37.7 Å². The van der Waals surface area contributed by atoms with Gasteiger partial charge in [-0.25, -0.2) is 4.98 Å². The summed E-state index contributed by atoms with van der Waals surface area (Å²) in [6.45, 7) is 2.79. The van der Waals surface area contributed by atoms with Crippen LogP contribution < -0.4 is 14.8 Å². The number of rotatable bonds is 6. The lowest BCUT2D eigenvalue weighted by molar-refractivity contribution is 0.395. The van der Waals surface area contributed by atoms with Crippen molar-refractivity contribution in [1.29, 1.82) is 0 Å². The fourth-order valence-corrected chi connectivity index (χ4v) is 2.82. The third kappa shape index (κ3) is 3.35. The smallest absolute Gasteiger partial charge is 0.145 e. The Kier molecular flexibility index (Phi) is 5.09. The van der Waals surface area contributed by atoms with Crippen molar-refractivity contribution in [3.63, 3.8) is 0 Å². The van der Waals surface area contributed by atoms with Crippen LogP contribution in [0.15, 0.2) is 18.3 Å². The highest BCUT2D eigenvalue weighted by atomic mass is 35.5. The summed E-state index contributed by atoms with van der Waals surface area (Å²) in [5.41, 5.74) is 0.838. The Morgan fingerprint density at radius 3 is 2.60 bits per heavy atom. The van der Waals surface area contributed by atoms with Gasteiger partial charge in [0.25, 0.3) is 0 Å². The molecule has 0 aliphatic heterocycles. The van der Waals surface area contributed by atoms with Crippen LogP contribution >= 0.6 is 22.9 Å². The largest absolute Gasteiger partial charge is 0.495 e. The minimum Gasteiger partial charge on any atom is -0.495 e. The van der Waals surface area contributed by atoms with E-state index in [9.17, 15) is 0 Å². The van der Waals surface area contributed by atoms with Gasteiger partial charge in [0, 0.05) is 17.1 Å². The van der Waals surface area contributed by atoms with Gasteiger partial charge in [-0.1, -0.05) is 18.5 Å². The van der Waals surface area contributed by atoms with Gasteiger partial charge in [0.2, 0.25) is 0 Å². The number of hydrogen-bond donors (Lipinski definition) is 1. The third-order valence-electron chi connectivity index (χ3n) is 2.83. The zero-order chi connectivity index (χ0) is 14.5. The molecule has 0 aliphatic carbocycles. The van der Waals surface area contributed by atoms with E-state index < -0.39 is 0 Å². The molecule has 2 aromatic rings. The van der Waals surface area contributed by atoms with E-state index in [-0.39, 0.29) is 0 Å². The number of hydrogen-bond acceptors (Lipinski definition) is 5. The van der Waals surface area contributed by atoms with Gasteiger partial charge in [-0.3, -0.25) is 0 Å². The second-order valence-electron chi connectivity index (χ2n) is 4.11. The normalized spacial score (nSPS) is 10.4. The topological polar surface area (TPSA) is 43.4 Å². The number of aromatic nitrogens is 1. The molecule has 0 bridgehead atoms. The number of methoxy groups -OCH3 is 2. The summed E-state index contributed by atoms with van der Waals surface area (Å²) < 4.78 is 10.5. The first-order chi connectivity index (χ1) is 9.67. The van der Waals surface area contributed by atoms with E-state index in [2.05, 4.69) is 17.2 Å². The van der Waals surface area contributed by atoms with E-state index in [4.69, 9.17) is 21.1 Å². The van der Waals surface area contributed by atoms with Crippen molar-refractivity contribution < 1.29 is 9.47 Å². The molecule has 0 spiro atoms. The first kappa shape index (κ1) is 14.9. The molecular formula is C14H17ClN2O2S. The molecule has 0 amide bonds. The number of nitrogens with zero attached hydrogens (tertiary/aromatic N) is 1. The van der Waals surface area contributed by atoms with Gasteiger partial charge in [-0.2, -0.15) is 0 Å². The van der Waals surface area contributed by atoms with Crippen molar-refractivity contribution in [2.24, 2.45) is 0 Å². The molecule has 1 aromatic heterocycles. The average Bonchev–Trinajstić information content (AvgIpc) is 2.93. The Labute approximate surface area is 127 Å². The first-order valence-corrected chi connectivity index (χ1v) is 7.46. The highest BCUT2D eigenvalue weighted by molar-refractivity contribution is 7.11. The molecule has 4 nitrogen and oxygen atoms in total. The zero-order valence-electron chi connectivity index (χ0n) is 11.7. The van der Waals surface area contributed by atoms with Crippen molar-refractivity contribution >= 4 is 28.6 Å². The van der Waals surface area contributed by atoms with E-state index >= 15 is 0 Å². The summed E-state index contributed by atoms with van der Waals surface area (Å²) in [6, 6.07) is 3.58. The average molecular weight is 313 g/mol. The summed E-state index contributed by atoms with van der Waals surface area (Å²) in [7, 11) is 3.20. The Morgan fingerprint density at radius 1 is 1.25 bits per heavy atom. The van der Waals surface area contributed by atoms with Crippen LogP contribution in [0.1, 0.15) is 16.8 Å². The van der Waals surface area contributed by atoms with Gasteiger partial charge in [0.15, 0.2) is 0 Å². The predicted molar refractivity (Wildman–Crippen MR) is 83.4 cm³/mol. The fraction of sp³-hybridized carbons (Fsp3) is 0.357. The number of thiazole rings is 1. The SMILES string of the molecule is CCc1ncc(CNc2cc(Cl)c(OC)cc2OC)s1. The van der Waals surface area contributed by atoms with Gasteiger partial charge < -0.3 is 14.8 Å².